The van der Waals surface area contributed by atoms with Crippen LogP contribution in [0.2, 0.25) is 0 Å². The second-order valence-corrected chi connectivity index (χ2v) is 18.8. The highest BCUT2D eigenvalue weighted by molar-refractivity contribution is 7.24. The lowest BCUT2D eigenvalue weighted by atomic mass is 10.2. The maximum absolute atomic E-state index is 13.0. The second kappa shape index (κ2) is 24.2. The Balaban J connectivity index is 0.779. The number of carbonyl (C=O) groups excluding carboxylic acids is 4. The van der Waals surface area contributed by atoms with E-state index in [4.69, 9.17) is 23.7 Å². The molecular formula is C50H58N4O11S2. The van der Waals surface area contributed by atoms with Gasteiger partial charge in [-0.1, -0.05) is 24.3 Å². The lowest BCUT2D eigenvalue weighted by Gasteiger charge is -2.23. The van der Waals surface area contributed by atoms with Gasteiger partial charge in [-0.25, -0.2) is 0 Å². The van der Waals surface area contributed by atoms with Crippen molar-refractivity contribution < 1.29 is 42.9 Å². The Bertz CT molecular complexity index is 2820. The Morgan fingerprint density at radius 3 is 1.46 bits per heavy atom. The summed E-state index contributed by atoms with van der Waals surface area (Å²) in [5.41, 5.74) is -0.132. The van der Waals surface area contributed by atoms with Gasteiger partial charge in [0.2, 0.25) is 0 Å². The zero-order chi connectivity index (χ0) is 48.0. The average Bonchev–Trinajstić information content (AvgIpc) is 3.33. The number of carbonyl (C=O) groups is 4. The number of esters is 2. The van der Waals surface area contributed by atoms with Crippen molar-refractivity contribution in [2.75, 3.05) is 93.9 Å². The van der Waals surface area contributed by atoms with E-state index in [0.29, 0.717) is 72.3 Å². The van der Waals surface area contributed by atoms with Crippen LogP contribution >= 0.6 is 22.7 Å². The van der Waals surface area contributed by atoms with E-state index in [0.717, 1.165) is 18.8 Å². The highest BCUT2D eigenvalue weighted by Gasteiger charge is 2.18. The normalized spacial score (nSPS) is 12.4. The van der Waals surface area contributed by atoms with E-state index in [2.05, 4.69) is 0 Å². The zero-order valence-corrected chi connectivity index (χ0v) is 40.5. The maximum Gasteiger partial charge on any atom is 0.307 e. The predicted molar refractivity (Wildman–Crippen MR) is 264 cm³/mol. The Morgan fingerprint density at radius 1 is 0.522 bits per heavy atom. The molecule has 6 rings (SSSR count). The van der Waals surface area contributed by atoms with Gasteiger partial charge >= 0.3 is 11.9 Å². The molecule has 2 amide bonds. The number of hydrogen-bond acceptors (Lipinski definition) is 15. The highest BCUT2D eigenvalue weighted by Crippen LogP contribution is 2.29. The van der Waals surface area contributed by atoms with Crippen molar-refractivity contribution in [3.63, 3.8) is 0 Å². The number of amides is 2. The van der Waals surface area contributed by atoms with Gasteiger partial charge in [0.05, 0.1) is 25.6 Å². The van der Waals surface area contributed by atoms with Crippen molar-refractivity contribution in [1.29, 1.82) is 0 Å². The number of likely N-dealkylation sites (N-methyl/N-ethyl adjacent to an activating group) is 4. The summed E-state index contributed by atoms with van der Waals surface area (Å²) in [7, 11) is 7.09. The van der Waals surface area contributed by atoms with Crippen molar-refractivity contribution in [3.05, 3.63) is 105 Å². The zero-order valence-electron chi connectivity index (χ0n) is 38.8. The molecule has 0 N–H and O–H groups in total. The molecule has 356 valence electrons. The van der Waals surface area contributed by atoms with Crippen LogP contribution in [-0.4, -0.2) is 149 Å². The fraction of sp³-hybridized carbons (Fsp3) is 0.400. The number of hydrogen-bond donors (Lipinski definition) is 0. The van der Waals surface area contributed by atoms with Gasteiger partial charge in [-0.2, -0.15) is 0 Å². The minimum Gasteiger partial charge on any atom is -0.484 e. The van der Waals surface area contributed by atoms with Gasteiger partial charge in [0.25, 0.3) is 11.8 Å². The van der Waals surface area contributed by atoms with E-state index < -0.39 is 12.2 Å². The SMILES string of the molecule is CC(COC(=O)CCN(C)CCN(C)C(=O)COc1ccc2sc3ccccc3c(=O)c2c1)OCC(C)OC(=O)CCN(C)CCN(C)C(=O)COc1ccc2sc3ccccc3c(=O)c2c1. The van der Waals surface area contributed by atoms with E-state index in [-0.39, 0.29) is 73.9 Å². The van der Waals surface area contributed by atoms with Crippen molar-refractivity contribution >= 4 is 86.8 Å². The van der Waals surface area contributed by atoms with E-state index >= 15 is 0 Å². The van der Waals surface area contributed by atoms with Crippen LogP contribution in [0.3, 0.4) is 0 Å². The maximum atomic E-state index is 13.0. The van der Waals surface area contributed by atoms with E-state index in [1.54, 1.807) is 62.0 Å². The summed E-state index contributed by atoms with van der Waals surface area (Å²) in [6.07, 6.45) is -0.625. The number of ether oxygens (including phenoxy) is 5. The largest absolute Gasteiger partial charge is 0.484 e. The molecular weight excluding hydrogens is 897 g/mol. The van der Waals surface area contributed by atoms with Crippen LogP contribution in [0.4, 0.5) is 0 Å². The molecule has 0 radical (unpaired) electrons. The van der Waals surface area contributed by atoms with Crippen LogP contribution in [0.25, 0.3) is 40.3 Å². The van der Waals surface area contributed by atoms with Gasteiger partial charge in [-0.15, -0.1) is 22.7 Å². The molecule has 17 heteroatoms. The first-order valence-electron chi connectivity index (χ1n) is 22.1. The fourth-order valence-corrected chi connectivity index (χ4v) is 8.98. The quantitative estimate of drug-likeness (QED) is 0.0511. The lowest BCUT2D eigenvalue weighted by Crippen LogP contribution is -2.38. The third-order valence-electron chi connectivity index (χ3n) is 11.1. The van der Waals surface area contributed by atoms with Gasteiger partial charge in [-0.3, -0.25) is 28.8 Å². The summed E-state index contributed by atoms with van der Waals surface area (Å²) in [4.78, 5) is 83.6. The number of fused-ring (bicyclic) bond motifs is 4. The number of rotatable bonds is 24. The van der Waals surface area contributed by atoms with Gasteiger partial charge in [0.1, 0.15) is 24.2 Å². The Labute approximate surface area is 397 Å². The van der Waals surface area contributed by atoms with Crippen LogP contribution in [-0.2, 0) is 33.4 Å². The van der Waals surface area contributed by atoms with Crippen molar-refractivity contribution in [3.8, 4) is 11.5 Å². The van der Waals surface area contributed by atoms with Gasteiger partial charge in [0.15, 0.2) is 24.1 Å². The molecule has 0 saturated heterocycles. The Kier molecular flexibility index (Phi) is 18.2. The van der Waals surface area contributed by atoms with Crippen LogP contribution in [0.1, 0.15) is 26.7 Å². The smallest absolute Gasteiger partial charge is 0.307 e. The molecule has 67 heavy (non-hydrogen) atoms. The van der Waals surface area contributed by atoms with Crippen LogP contribution in [0, 0.1) is 0 Å². The van der Waals surface area contributed by atoms with Crippen LogP contribution in [0.15, 0.2) is 94.5 Å². The molecule has 2 heterocycles. The molecule has 0 fully saturated rings. The monoisotopic (exact) mass is 954 g/mol. The Hall–Kier alpha value is -5.98. The standard InChI is InChI=1S/C50H58N4O11S2/c1-33(29-64-47(57)19-21-51(3)23-25-53(5)45(55)31-62-35-15-17-43-39(27-35)49(59)37-11-7-9-13-41(37)66-43)61-30-34(2)65-48(58)20-22-52(4)24-26-54(6)46(56)32-63-36-16-18-44-40(28-36)50(60)38-12-8-10-14-42(38)67-44/h7-18,27-28,33-34H,19-26,29-32H2,1-6H3. The molecule has 0 aliphatic heterocycles. The highest BCUT2D eigenvalue weighted by atomic mass is 32.1. The summed E-state index contributed by atoms with van der Waals surface area (Å²) >= 11 is 3.07. The number of benzene rings is 4. The van der Waals surface area contributed by atoms with Gasteiger partial charge in [0, 0.05) is 93.7 Å². The summed E-state index contributed by atoms with van der Waals surface area (Å²) < 4.78 is 31.7. The molecule has 4 aromatic carbocycles. The molecule has 2 atom stereocenters. The molecule has 6 aromatic rings. The fourth-order valence-electron chi connectivity index (χ4n) is 6.88. The third kappa shape index (κ3) is 14.5. The summed E-state index contributed by atoms with van der Waals surface area (Å²) in [5.74, 6) is -0.297. The summed E-state index contributed by atoms with van der Waals surface area (Å²) in [5, 5.41) is 2.42. The van der Waals surface area contributed by atoms with Crippen molar-refractivity contribution in [2.45, 2.75) is 38.9 Å². The van der Waals surface area contributed by atoms with Crippen molar-refractivity contribution in [2.24, 2.45) is 0 Å². The third-order valence-corrected chi connectivity index (χ3v) is 13.4. The van der Waals surface area contributed by atoms with E-state index in [1.807, 2.05) is 84.6 Å². The topological polar surface area (TPSA) is 162 Å². The first kappa shape index (κ1) is 50.4. The van der Waals surface area contributed by atoms with Crippen LogP contribution in [0.5, 0.6) is 11.5 Å². The molecule has 0 bridgehead atoms. The molecule has 0 aliphatic rings. The molecule has 0 spiro atoms. The summed E-state index contributed by atoms with van der Waals surface area (Å²) in [6.45, 7) is 6.08. The van der Waals surface area contributed by atoms with Gasteiger partial charge in [-0.05, 0) is 88.6 Å². The minimum atomic E-state index is -0.514. The first-order valence-corrected chi connectivity index (χ1v) is 23.8. The molecule has 0 aliphatic carbocycles. The molecule has 2 aromatic heterocycles. The second-order valence-electron chi connectivity index (χ2n) is 16.6. The average molecular weight is 955 g/mol. The lowest BCUT2D eigenvalue weighted by molar-refractivity contribution is -0.154. The van der Waals surface area contributed by atoms with Crippen molar-refractivity contribution in [1.82, 2.24) is 19.6 Å². The summed E-state index contributed by atoms with van der Waals surface area (Å²) in [6, 6.07) is 25.5. The van der Waals surface area contributed by atoms with E-state index in [1.165, 1.54) is 22.7 Å². The van der Waals surface area contributed by atoms with Gasteiger partial charge < -0.3 is 43.3 Å². The van der Waals surface area contributed by atoms with E-state index in [9.17, 15) is 28.8 Å². The molecule has 0 saturated carbocycles. The molecule has 15 nitrogen and oxygen atoms in total. The van der Waals surface area contributed by atoms with Crippen LogP contribution < -0.4 is 20.3 Å². The minimum absolute atomic E-state index is 0.0442. The molecule has 2 unspecified atom stereocenters. The number of nitrogens with zero attached hydrogens (tertiary/aromatic N) is 4. The predicted octanol–water partition coefficient (Wildman–Crippen LogP) is 6.04. The first-order chi connectivity index (χ1) is 32.1. The Morgan fingerprint density at radius 2 is 0.970 bits per heavy atom.